The smallest absolute Gasteiger partial charge is 0.120 e. The summed E-state index contributed by atoms with van der Waals surface area (Å²) in [5, 5.41) is 3.45. The molecule has 0 unspecified atom stereocenters. The monoisotopic (exact) mass is 195 g/mol. The minimum atomic E-state index is 0.280. The van der Waals surface area contributed by atoms with E-state index in [-0.39, 0.29) is 6.04 Å². The number of furan rings is 1. The third-order valence-corrected chi connectivity index (χ3v) is 2.71. The van der Waals surface area contributed by atoms with Crippen LogP contribution in [-0.4, -0.2) is 19.8 Å². The van der Waals surface area contributed by atoms with Gasteiger partial charge in [-0.15, -0.1) is 0 Å². The van der Waals surface area contributed by atoms with Gasteiger partial charge in [-0.2, -0.15) is 0 Å². The molecule has 1 aromatic rings. The van der Waals surface area contributed by atoms with Crippen molar-refractivity contribution in [3.63, 3.8) is 0 Å². The summed E-state index contributed by atoms with van der Waals surface area (Å²) >= 11 is 0. The molecule has 3 heteroatoms. The SMILES string of the molecule is C[C@H](NCC1(C)COC1)c1ccco1. The molecule has 1 aliphatic heterocycles. The van der Waals surface area contributed by atoms with Crippen molar-refractivity contribution < 1.29 is 9.15 Å². The third kappa shape index (κ3) is 1.99. The zero-order chi connectivity index (χ0) is 10.0. The molecule has 2 rings (SSSR count). The first kappa shape index (κ1) is 9.74. The van der Waals surface area contributed by atoms with Crippen LogP contribution in [0, 0.1) is 5.41 Å². The molecule has 0 radical (unpaired) electrons. The Morgan fingerprint density at radius 2 is 2.36 bits per heavy atom. The predicted molar refractivity (Wildman–Crippen MR) is 54.1 cm³/mol. The van der Waals surface area contributed by atoms with Crippen LogP contribution in [0.15, 0.2) is 22.8 Å². The topological polar surface area (TPSA) is 34.4 Å². The predicted octanol–water partition coefficient (Wildman–Crippen LogP) is 1.97. The molecule has 0 bridgehead atoms. The van der Waals surface area contributed by atoms with Crippen LogP contribution in [-0.2, 0) is 4.74 Å². The second-order valence-electron chi connectivity index (χ2n) is 4.42. The van der Waals surface area contributed by atoms with Crippen LogP contribution >= 0.6 is 0 Å². The van der Waals surface area contributed by atoms with Crippen molar-refractivity contribution in [1.82, 2.24) is 5.32 Å². The molecule has 1 atom stereocenters. The Morgan fingerprint density at radius 3 is 2.86 bits per heavy atom. The van der Waals surface area contributed by atoms with Gasteiger partial charge in [0, 0.05) is 12.0 Å². The van der Waals surface area contributed by atoms with E-state index in [4.69, 9.17) is 9.15 Å². The highest BCUT2D eigenvalue weighted by Crippen LogP contribution is 2.26. The van der Waals surface area contributed by atoms with Crippen molar-refractivity contribution in [2.75, 3.05) is 19.8 Å². The molecule has 1 saturated heterocycles. The van der Waals surface area contributed by atoms with E-state index >= 15 is 0 Å². The summed E-state index contributed by atoms with van der Waals surface area (Å²) in [6, 6.07) is 4.20. The van der Waals surface area contributed by atoms with Gasteiger partial charge in [0.1, 0.15) is 5.76 Å². The minimum Gasteiger partial charge on any atom is -0.468 e. The van der Waals surface area contributed by atoms with Gasteiger partial charge in [0.2, 0.25) is 0 Å². The Bertz CT molecular complexity index is 277. The zero-order valence-electron chi connectivity index (χ0n) is 8.75. The van der Waals surface area contributed by atoms with E-state index in [1.54, 1.807) is 6.26 Å². The van der Waals surface area contributed by atoms with Gasteiger partial charge in [-0.05, 0) is 19.1 Å². The molecule has 1 N–H and O–H groups in total. The number of hydrogen-bond donors (Lipinski definition) is 1. The third-order valence-electron chi connectivity index (χ3n) is 2.71. The fourth-order valence-corrected chi connectivity index (χ4v) is 1.59. The van der Waals surface area contributed by atoms with Gasteiger partial charge < -0.3 is 14.5 Å². The van der Waals surface area contributed by atoms with Crippen molar-refractivity contribution >= 4 is 0 Å². The first-order valence-corrected chi connectivity index (χ1v) is 5.04. The lowest BCUT2D eigenvalue weighted by molar-refractivity contribution is -0.100. The average Bonchev–Trinajstić information content (AvgIpc) is 2.63. The summed E-state index contributed by atoms with van der Waals surface area (Å²) in [4.78, 5) is 0. The van der Waals surface area contributed by atoms with Crippen LogP contribution in [0.25, 0.3) is 0 Å². The van der Waals surface area contributed by atoms with E-state index in [0.717, 1.165) is 25.5 Å². The number of rotatable bonds is 4. The lowest BCUT2D eigenvalue weighted by Crippen LogP contribution is -2.47. The van der Waals surface area contributed by atoms with Crippen LogP contribution < -0.4 is 5.32 Å². The quantitative estimate of drug-likeness (QED) is 0.797. The van der Waals surface area contributed by atoms with Crippen LogP contribution in [0.2, 0.25) is 0 Å². The maximum absolute atomic E-state index is 5.32. The van der Waals surface area contributed by atoms with Gasteiger partial charge in [0.05, 0.1) is 25.5 Å². The Morgan fingerprint density at radius 1 is 1.57 bits per heavy atom. The van der Waals surface area contributed by atoms with Gasteiger partial charge in [0.15, 0.2) is 0 Å². The lowest BCUT2D eigenvalue weighted by atomic mass is 9.88. The fraction of sp³-hybridized carbons (Fsp3) is 0.636. The lowest BCUT2D eigenvalue weighted by Gasteiger charge is -2.38. The van der Waals surface area contributed by atoms with E-state index in [2.05, 4.69) is 19.2 Å². The van der Waals surface area contributed by atoms with Gasteiger partial charge >= 0.3 is 0 Å². The summed E-state index contributed by atoms with van der Waals surface area (Å²) in [5.74, 6) is 0.994. The van der Waals surface area contributed by atoms with Gasteiger partial charge in [-0.1, -0.05) is 6.92 Å². The largest absolute Gasteiger partial charge is 0.468 e. The molecule has 1 fully saturated rings. The van der Waals surface area contributed by atoms with Gasteiger partial charge in [-0.3, -0.25) is 0 Å². The first-order valence-electron chi connectivity index (χ1n) is 5.04. The molecular weight excluding hydrogens is 178 g/mol. The summed E-state index contributed by atoms with van der Waals surface area (Å²) in [6.45, 7) is 7.06. The standard InChI is InChI=1S/C11H17NO2/c1-9(10-4-3-5-14-10)12-6-11(2)7-13-8-11/h3-5,9,12H,6-8H2,1-2H3/t9-/m0/s1. The Labute approximate surface area is 84.4 Å². The second-order valence-corrected chi connectivity index (χ2v) is 4.42. The molecule has 0 aliphatic carbocycles. The van der Waals surface area contributed by atoms with Crippen molar-refractivity contribution in [2.24, 2.45) is 5.41 Å². The first-order chi connectivity index (χ1) is 6.70. The molecular formula is C11H17NO2. The fourth-order valence-electron chi connectivity index (χ4n) is 1.59. The average molecular weight is 195 g/mol. The molecule has 14 heavy (non-hydrogen) atoms. The van der Waals surface area contributed by atoms with Crippen molar-refractivity contribution in [2.45, 2.75) is 19.9 Å². The Balaban J connectivity index is 1.80. The van der Waals surface area contributed by atoms with Crippen LogP contribution in [0.5, 0.6) is 0 Å². The highest BCUT2D eigenvalue weighted by Gasteiger charge is 2.33. The van der Waals surface area contributed by atoms with Gasteiger partial charge in [0.25, 0.3) is 0 Å². The second kappa shape index (κ2) is 3.75. The van der Waals surface area contributed by atoms with E-state index in [1.807, 2.05) is 12.1 Å². The normalized spacial score (nSPS) is 21.6. The van der Waals surface area contributed by atoms with Crippen LogP contribution in [0.4, 0.5) is 0 Å². The molecule has 0 aromatic carbocycles. The molecule has 0 amide bonds. The number of ether oxygens (including phenoxy) is 1. The summed E-state index contributed by atoms with van der Waals surface area (Å²) < 4.78 is 10.5. The van der Waals surface area contributed by atoms with E-state index in [9.17, 15) is 0 Å². The van der Waals surface area contributed by atoms with E-state index < -0.39 is 0 Å². The van der Waals surface area contributed by atoms with Crippen molar-refractivity contribution in [3.05, 3.63) is 24.2 Å². The summed E-state index contributed by atoms with van der Waals surface area (Å²) in [7, 11) is 0. The molecule has 1 aliphatic rings. The molecule has 1 aromatic heterocycles. The molecule has 0 saturated carbocycles. The molecule has 78 valence electrons. The van der Waals surface area contributed by atoms with Gasteiger partial charge in [-0.25, -0.2) is 0 Å². The Hall–Kier alpha value is -0.800. The molecule has 0 spiro atoms. The summed E-state index contributed by atoms with van der Waals surface area (Å²) in [5.41, 5.74) is 0.320. The highest BCUT2D eigenvalue weighted by molar-refractivity contribution is 5.03. The van der Waals surface area contributed by atoms with Crippen LogP contribution in [0.1, 0.15) is 25.6 Å². The minimum absolute atomic E-state index is 0.280. The Kier molecular flexibility index (Phi) is 2.61. The van der Waals surface area contributed by atoms with Crippen molar-refractivity contribution in [1.29, 1.82) is 0 Å². The van der Waals surface area contributed by atoms with Crippen LogP contribution in [0.3, 0.4) is 0 Å². The maximum Gasteiger partial charge on any atom is 0.120 e. The number of nitrogens with one attached hydrogen (secondary N) is 1. The zero-order valence-corrected chi connectivity index (χ0v) is 8.75. The molecule has 3 nitrogen and oxygen atoms in total. The van der Waals surface area contributed by atoms with Crippen molar-refractivity contribution in [3.8, 4) is 0 Å². The van der Waals surface area contributed by atoms with E-state index in [0.29, 0.717) is 5.41 Å². The highest BCUT2D eigenvalue weighted by atomic mass is 16.5. The van der Waals surface area contributed by atoms with E-state index in [1.165, 1.54) is 0 Å². The maximum atomic E-state index is 5.32. The molecule has 2 heterocycles. The number of hydrogen-bond acceptors (Lipinski definition) is 3. The summed E-state index contributed by atoms with van der Waals surface area (Å²) in [6.07, 6.45) is 1.71.